The molecular formula is C13H16Cl3N3O2S. The van der Waals surface area contributed by atoms with Gasteiger partial charge in [-0.1, -0.05) is 29.3 Å². The van der Waals surface area contributed by atoms with Gasteiger partial charge in [0.15, 0.2) is 0 Å². The van der Waals surface area contributed by atoms with Crippen molar-refractivity contribution in [1.29, 1.82) is 0 Å². The van der Waals surface area contributed by atoms with Crippen LogP contribution in [0.5, 0.6) is 0 Å². The number of nitrogens with one attached hydrogen (secondary N) is 1. The van der Waals surface area contributed by atoms with E-state index < -0.39 is 10.0 Å². The molecule has 1 aromatic carbocycles. The van der Waals surface area contributed by atoms with Crippen molar-refractivity contribution >= 4 is 45.6 Å². The predicted octanol–water partition coefficient (Wildman–Crippen LogP) is 3.29. The molecule has 0 aliphatic heterocycles. The first-order chi connectivity index (χ1) is 9.73. The zero-order valence-electron chi connectivity index (χ0n) is 12.2. The average Bonchev–Trinajstić information content (AvgIpc) is 2.70. The third-order valence-electron chi connectivity index (χ3n) is 3.16. The summed E-state index contributed by atoms with van der Waals surface area (Å²) in [5, 5.41) is 7.40. The monoisotopic (exact) mass is 383 g/mol. The number of sulfonamides is 1. The molecule has 122 valence electrons. The fraction of sp³-hybridized carbons (Fsp3) is 0.308. The van der Waals surface area contributed by atoms with Crippen molar-refractivity contribution in [3.8, 4) is 0 Å². The predicted molar refractivity (Wildman–Crippen MR) is 90.7 cm³/mol. The first kappa shape index (κ1) is 19.3. The van der Waals surface area contributed by atoms with Gasteiger partial charge in [0.25, 0.3) is 0 Å². The highest BCUT2D eigenvalue weighted by molar-refractivity contribution is 7.89. The largest absolute Gasteiger partial charge is 0.267 e. The summed E-state index contributed by atoms with van der Waals surface area (Å²) < 4.78 is 25.3. The molecule has 22 heavy (non-hydrogen) atoms. The van der Waals surface area contributed by atoms with Crippen molar-refractivity contribution in [3.05, 3.63) is 45.2 Å². The number of aromatic amines is 1. The number of hydrogen-bond donors (Lipinski definition) is 1. The summed E-state index contributed by atoms with van der Waals surface area (Å²) >= 11 is 12.1. The molecular weight excluding hydrogens is 369 g/mol. The van der Waals surface area contributed by atoms with E-state index in [0.717, 1.165) is 21.1 Å². The third kappa shape index (κ3) is 3.75. The van der Waals surface area contributed by atoms with Crippen LogP contribution < -0.4 is 0 Å². The Labute approximate surface area is 146 Å². The van der Waals surface area contributed by atoms with Gasteiger partial charge in [0, 0.05) is 26.1 Å². The minimum Gasteiger partial charge on any atom is -0.267 e. The smallest absolute Gasteiger partial charge is 0.244 e. The number of benzene rings is 1. The quantitative estimate of drug-likeness (QED) is 0.879. The highest BCUT2D eigenvalue weighted by atomic mass is 35.5. The van der Waals surface area contributed by atoms with Gasteiger partial charge < -0.3 is 0 Å². The SMILES string of the molecule is Cc1n[nH]c(Cl)c1Cc1ccc(S(=O)(=O)N(C)C)c(Cl)c1.Cl. The van der Waals surface area contributed by atoms with Crippen molar-refractivity contribution in [2.45, 2.75) is 18.2 Å². The summed E-state index contributed by atoms with van der Waals surface area (Å²) in [6.45, 7) is 1.85. The number of aromatic nitrogens is 2. The third-order valence-corrected chi connectivity index (χ3v) is 5.77. The minimum absolute atomic E-state index is 0. The van der Waals surface area contributed by atoms with Crippen LogP contribution in [0.1, 0.15) is 16.8 Å². The Morgan fingerprint density at radius 3 is 2.36 bits per heavy atom. The summed E-state index contributed by atoms with van der Waals surface area (Å²) in [5.74, 6) is 0. The number of halogens is 3. The Bertz CT molecular complexity index is 753. The van der Waals surface area contributed by atoms with Gasteiger partial charge in [0.2, 0.25) is 10.0 Å². The molecule has 0 aliphatic rings. The van der Waals surface area contributed by atoms with Crippen LogP contribution in [0.2, 0.25) is 10.2 Å². The fourth-order valence-corrected chi connectivity index (χ4v) is 3.58. The van der Waals surface area contributed by atoms with E-state index in [1.807, 2.05) is 6.92 Å². The summed E-state index contributed by atoms with van der Waals surface area (Å²) in [7, 11) is -0.613. The fourth-order valence-electron chi connectivity index (χ4n) is 1.90. The second kappa shape index (κ2) is 7.19. The molecule has 0 amide bonds. The molecule has 9 heteroatoms. The molecule has 0 bridgehead atoms. The lowest BCUT2D eigenvalue weighted by molar-refractivity contribution is 0.521. The lowest BCUT2D eigenvalue weighted by Crippen LogP contribution is -2.22. The van der Waals surface area contributed by atoms with Crippen molar-refractivity contribution in [1.82, 2.24) is 14.5 Å². The van der Waals surface area contributed by atoms with Gasteiger partial charge in [0.05, 0.1) is 10.7 Å². The zero-order valence-corrected chi connectivity index (χ0v) is 15.4. The van der Waals surface area contributed by atoms with Crippen LogP contribution in [0.15, 0.2) is 23.1 Å². The standard InChI is InChI=1S/C13H15Cl2N3O2S.ClH/c1-8-10(13(15)17-16-8)6-9-4-5-12(11(14)7-9)21(19,20)18(2)3;/h4-5,7H,6H2,1-3H3,(H,16,17);1H. The van der Waals surface area contributed by atoms with E-state index in [2.05, 4.69) is 10.2 Å². The second-order valence-corrected chi connectivity index (χ2v) is 7.74. The van der Waals surface area contributed by atoms with Crippen LogP contribution in [-0.4, -0.2) is 37.0 Å². The number of H-pyrrole nitrogens is 1. The van der Waals surface area contributed by atoms with Crippen LogP contribution in [0.3, 0.4) is 0 Å². The normalized spacial score (nSPS) is 11.5. The highest BCUT2D eigenvalue weighted by Gasteiger charge is 2.21. The Balaban J connectivity index is 0.00000242. The zero-order chi connectivity index (χ0) is 15.8. The number of nitrogens with zero attached hydrogens (tertiary/aromatic N) is 2. The molecule has 0 saturated heterocycles. The molecule has 0 spiro atoms. The lowest BCUT2D eigenvalue weighted by Gasteiger charge is -2.13. The summed E-state index contributed by atoms with van der Waals surface area (Å²) in [4.78, 5) is 0.0907. The van der Waals surface area contributed by atoms with E-state index >= 15 is 0 Å². The maximum absolute atomic E-state index is 12.1. The van der Waals surface area contributed by atoms with Gasteiger partial charge in [-0.2, -0.15) is 5.10 Å². The van der Waals surface area contributed by atoms with Crippen LogP contribution in [0.4, 0.5) is 0 Å². The van der Waals surface area contributed by atoms with Crippen molar-refractivity contribution in [2.75, 3.05) is 14.1 Å². The molecule has 2 aromatic rings. The summed E-state index contributed by atoms with van der Waals surface area (Å²) in [6.07, 6.45) is 0.531. The van der Waals surface area contributed by atoms with E-state index in [9.17, 15) is 8.42 Å². The van der Waals surface area contributed by atoms with E-state index in [-0.39, 0.29) is 22.3 Å². The van der Waals surface area contributed by atoms with E-state index in [4.69, 9.17) is 23.2 Å². The molecule has 5 nitrogen and oxygen atoms in total. The highest BCUT2D eigenvalue weighted by Crippen LogP contribution is 2.27. The Hall–Kier alpha value is -0.790. The van der Waals surface area contributed by atoms with Crippen LogP contribution in [0.25, 0.3) is 0 Å². The lowest BCUT2D eigenvalue weighted by atomic mass is 10.1. The Morgan fingerprint density at radius 1 is 1.27 bits per heavy atom. The summed E-state index contributed by atoms with van der Waals surface area (Å²) in [5.41, 5.74) is 2.54. The number of aryl methyl sites for hydroxylation is 1. The first-order valence-electron chi connectivity index (χ1n) is 6.13. The van der Waals surface area contributed by atoms with Gasteiger partial charge in [-0.25, -0.2) is 12.7 Å². The van der Waals surface area contributed by atoms with Gasteiger partial charge in [-0.05, 0) is 24.6 Å². The van der Waals surface area contributed by atoms with Gasteiger partial charge in [0.1, 0.15) is 10.0 Å². The topological polar surface area (TPSA) is 66.1 Å². The first-order valence-corrected chi connectivity index (χ1v) is 8.33. The van der Waals surface area contributed by atoms with Gasteiger partial charge in [-0.15, -0.1) is 12.4 Å². The number of rotatable bonds is 4. The molecule has 0 atom stereocenters. The van der Waals surface area contributed by atoms with Crippen molar-refractivity contribution < 1.29 is 8.42 Å². The molecule has 0 aliphatic carbocycles. The van der Waals surface area contributed by atoms with Crippen LogP contribution in [0, 0.1) is 6.92 Å². The maximum atomic E-state index is 12.1. The second-order valence-electron chi connectivity index (χ2n) is 4.83. The molecule has 0 radical (unpaired) electrons. The van der Waals surface area contributed by atoms with Gasteiger partial charge in [-0.3, -0.25) is 5.10 Å². The molecule has 1 heterocycles. The molecule has 1 N–H and O–H groups in total. The average molecular weight is 385 g/mol. The summed E-state index contributed by atoms with van der Waals surface area (Å²) in [6, 6.07) is 4.88. The molecule has 0 fully saturated rings. The van der Waals surface area contributed by atoms with Crippen molar-refractivity contribution in [2.24, 2.45) is 0 Å². The Kier molecular flexibility index (Phi) is 6.29. The minimum atomic E-state index is -3.55. The van der Waals surface area contributed by atoms with E-state index in [0.29, 0.717) is 11.6 Å². The number of hydrogen-bond acceptors (Lipinski definition) is 3. The van der Waals surface area contributed by atoms with E-state index in [1.165, 1.54) is 20.2 Å². The molecule has 1 aromatic heterocycles. The molecule has 0 unspecified atom stereocenters. The van der Waals surface area contributed by atoms with Crippen molar-refractivity contribution in [3.63, 3.8) is 0 Å². The maximum Gasteiger partial charge on any atom is 0.244 e. The van der Waals surface area contributed by atoms with E-state index in [1.54, 1.807) is 12.1 Å². The van der Waals surface area contributed by atoms with Crippen LogP contribution >= 0.6 is 35.6 Å². The van der Waals surface area contributed by atoms with Crippen LogP contribution in [-0.2, 0) is 16.4 Å². The Morgan fingerprint density at radius 2 is 1.91 bits per heavy atom. The molecule has 2 rings (SSSR count). The van der Waals surface area contributed by atoms with Gasteiger partial charge >= 0.3 is 0 Å². The molecule has 0 saturated carbocycles.